The van der Waals surface area contributed by atoms with Gasteiger partial charge in [0, 0.05) is 13.5 Å². The minimum Gasteiger partial charge on any atom is -0.390 e. The lowest BCUT2D eigenvalue weighted by Gasteiger charge is -2.20. The number of aryl methyl sites for hydroxylation is 2. The Hall–Kier alpha value is -1.39. The molecule has 1 aromatic rings. The van der Waals surface area contributed by atoms with E-state index in [2.05, 4.69) is 5.32 Å². The second-order valence-electron chi connectivity index (χ2n) is 4.64. The van der Waals surface area contributed by atoms with Gasteiger partial charge in [0.1, 0.15) is 6.10 Å². The summed E-state index contributed by atoms with van der Waals surface area (Å²) in [4.78, 5) is 10.7. The van der Waals surface area contributed by atoms with Crippen LogP contribution in [0, 0.1) is 13.8 Å². The molecule has 18 heavy (non-hydrogen) atoms. The highest BCUT2D eigenvalue weighted by molar-refractivity contribution is 5.72. The number of amides is 1. The maximum atomic E-state index is 10.7. The molecule has 0 aromatic heterocycles. The molecule has 3 N–H and O–H groups in total. The fourth-order valence-corrected chi connectivity index (χ4v) is 1.84. The quantitative estimate of drug-likeness (QED) is 0.737. The molecule has 2 unspecified atom stereocenters. The number of hydrogen-bond donors (Lipinski definition) is 3. The molecule has 1 aromatic carbocycles. The summed E-state index contributed by atoms with van der Waals surface area (Å²) in [5.41, 5.74) is 2.74. The Labute approximate surface area is 108 Å². The number of rotatable bonds is 5. The van der Waals surface area contributed by atoms with E-state index < -0.39 is 12.2 Å². The zero-order valence-electron chi connectivity index (χ0n) is 11.1. The van der Waals surface area contributed by atoms with Crippen LogP contribution >= 0.6 is 0 Å². The maximum Gasteiger partial charge on any atom is 0.216 e. The monoisotopic (exact) mass is 251 g/mol. The maximum absolute atomic E-state index is 10.7. The first-order valence-corrected chi connectivity index (χ1v) is 6.09. The second-order valence-corrected chi connectivity index (χ2v) is 4.64. The third kappa shape index (κ3) is 4.13. The Kier molecular flexibility index (Phi) is 5.31. The molecule has 0 bridgehead atoms. The van der Waals surface area contributed by atoms with Crippen molar-refractivity contribution in [1.29, 1.82) is 0 Å². The molecule has 0 aliphatic carbocycles. The lowest BCUT2D eigenvalue weighted by molar-refractivity contribution is -0.119. The van der Waals surface area contributed by atoms with E-state index in [0.717, 1.165) is 16.7 Å². The first kappa shape index (κ1) is 14.7. The van der Waals surface area contributed by atoms with Crippen molar-refractivity contribution in [3.63, 3.8) is 0 Å². The molecule has 1 rings (SSSR count). The first-order valence-electron chi connectivity index (χ1n) is 6.09. The van der Waals surface area contributed by atoms with Crippen LogP contribution in [0.15, 0.2) is 18.2 Å². The van der Waals surface area contributed by atoms with Crippen molar-refractivity contribution in [2.24, 2.45) is 0 Å². The molecule has 0 saturated carbocycles. The van der Waals surface area contributed by atoms with Gasteiger partial charge in [0.05, 0.1) is 6.10 Å². The van der Waals surface area contributed by atoms with E-state index in [1.54, 1.807) is 0 Å². The molecule has 0 aliphatic heterocycles. The Balaban J connectivity index is 2.64. The number of carbonyl (C=O) groups excluding carboxylic acids is 1. The Morgan fingerprint density at radius 2 is 2.00 bits per heavy atom. The van der Waals surface area contributed by atoms with Gasteiger partial charge >= 0.3 is 0 Å². The van der Waals surface area contributed by atoms with Crippen LogP contribution in [-0.2, 0) is 4.79 Å². The average molecular weight is 251 g/mol. The number of carbonyl (C=O) groups is 1. The topological polar surface area (TPSA) is 69.6 Å². The SMILES string of the molecule is CC(=O)NCCC(O)C(O)c1cc(C)ccc1C. The van der Waals surface area contributed by atoms with Crippen LogP contribution < -0.4 is 5.32 Å². The van der Waals surface area contributed by atoms with Crippen LogP contribution in [0.2, 0.25) is 0 Å². The Bertz CT molecular complexity index is 418. The summed E-state index contributed by atoms with van der Waals surface area (Å²) in [5.74, 6) is -0.136. The van der Waals surface area contributed by atoms with Crippen molar-refractivity contribution in [2.75, 3.05) is 6.54 Å². The van der Waals surface area contributed by atoms with Crippen molar-refractivity contribution < 1.29 is 15.0 Å². The van der Waals surface area contributed by atoms with Gasteiger partial charge in [0.15, 0.2) is 0 Å². The lowest BCUT2D eigenvalue weighted by Crippen LogP contribution is -2.28. The van der Waals surface area contributed by atoms with Crippen LogP contribution in [0.5, 0.6) is 0 Å². The standard InChI is InChI=1S/C14H21NO3/c1-9-4-5-10(2)12(8-9)14(18)13(17)6-7-15-11(3)16/h4-5,8,13-14,17-18H,6-7H2,1-3H3,(H,15,16). The second kappa shape index (κ2) is 6.52. The zero-order chi connectivity index (χ0) is 13.7. The lowest BCUT2D eigenvalue weighted by atomic mass is 9.96. The van der Waals surface area contributed by atoms with Crippen LogP contribution in [0.25, 0.3) is 0 Å². The van der Waals surface area contributed by atoms with E-state index in [1.165, 1.54) is 6.92 Å². The average Bonchev–Trinajstić information content (AvgIpc) is 2.30. The molecule has 0 heterocycles. The highest BCUT2D eigenvalue weighted by atomic mass is 16.3. The van der Waals surface area contributed by atoms with Crippen molar-refractivity contribution >= 4 is 5.91 Å². The summed E-state index contributed by atoms with van der Waals surface area (Å²) in [6.45, 7) is 5.63. The van der Waals surface area contributed by atoms with Crippen LogP contribution in [0.3, 0.4) is 0 Å². The van der Waals surface area contributed by atoms with E-state index in [9.17, 15) is 15.0 Å². The smallest absolute Gasteiger partial charge is 0.216 e. The van der Waals surface area contributed by atoms with Crippen molar-refractivity contribution in [1.82, 2.24) is 5.32 Å². The van der Waals surface area contributed by atoms with Gasteiger partial charge < -0.3 is 15.5 Å². The molecule has 0 aliphatic rings. The molecule has 0 spiro atoms. The molecule has 4 heteroatoms. The van der Waals surface area contributed by atoms with Gasteiger partial charge in [0.25, 0.3) is 0 Å². The largest absolute Gasteiger partial charge is 0.390 e. The van der Waals surface area contributed by atoms with E-state index in [1.807, 2.05) is 32.0 Å². The van der Waals surface area contributed by atoms with Gasteiger partial charge in [-0.1, -0.05) is 23.8 Å². The van der Waals surface area contributed by atoms with Crippen molar-refractivity contribution in [3.8, 4) is 0 Å². The summed E-state index contributed by atoms with van der Waals surface area (Å²) >= 11 is 0. The fraction of sp³-hybridized carbons (Fsp3) is 0.500. The molecule has 1 amide bonds. The van der Waals surface area contributed by atoms with Gasteiger partial charge in [-0.25, -0.2) is 0 Å². The third-order valence-corrected chi connectivity index (χ3v) is 2.93. The number of hydrogen-bond acceptors (Lipinski definition) is 3. The normalized spacial score (nSPS) is 14.1. The predicted molar refractivity (Wildman–Crippen MR) is 70.2 cm³/mol. The minimum atomic E-state index is -0.918. The molecule has 0 fully saturated rings. The van der Waals surface area contributed by atoms with Crippen LogP contribution in [-0.4, -0.2) is 28.8 Å². The molecule has 100 valence electrons. The summed E-state index contributed by atoms with van der Waals surface area (Å²) in [7, 11) is 0. The Morgan fingerprint density at radius 1 is 1.33 bits per heavy atom. The predicted octanol–water partition coefficient (Wildman–Crippen LogP) is 1.22. The fourth-order valence-electron chi connectivity index (χ4n) is 1.84. The van der Waals surface area contributed by atoms with Crippen molar-refractivity contribution in [2.45, 2.75) is 39.4 Å². The van der Waals surface area contributed by atoms with Crippen molar-refractivity contribution in [3.05, 3.63) is 34.9 Å². The highest BCUT2D eigenvalue weighted by Gasteiger charge is 2.19. The van der Waals surface area contributed by atoms with Gasteiger partial charge in [-0.3, -0.25) is 4.79 Å². The molecule has 2 atom stereocenters. The van der Waals surface area contributed by atoms with Gasteiger partial charge in [-0.15, -0.1) is 0 Å². The first-order chi connectivity index (χ1) is 8.41. The number of aliphatic hydroxyl groups is 2. The molecule has 0 saturated heterocycles. The third-order valence-electron chi connectivity index (χ3n) is 2.93. The zero-order valence-corrected chi connectivity index (χ0v) is 11.1. The molecular weight excluding hydrogens is 230 g/mol. The van der Waals surface area contributed by atoms with Gasteiger partial charge in [0.2, 0.25) is 5.91 Å². The van der Waals surface area contributed by atoms with Gasteiger partial charge in [-0.05, 0) is 31.4 Å². The number of aliphatic hydroxyl groups excluding tert-OH is 2. The van der Waals surface area contributed by atoms with Crippen LogP contribution in [0.4, 0.5) is 0 Å². The highest BCUT2D eigenvalue weighted by Crippen LogP contribution is 2.23. The van der Waals surface area contributed by atoms with E-state index >= 15 is 0 Å². The van der Waals surface area contributed by atoms with E-state index in [-0.39, 0.29) is 5.91 Å². The summed E-state index contributed by atoms with van der Waals surface area (Å²) in [5, 5.41) is 22.6. The molecule has 4 nitrogen and oxygen atoms in total. The molecular formula is C14H21NO3. The summed E-state index contributed by atoms with van der Waals surface area (Å²) < 4.78 is 0. The Morgan fingerprint density at radius 3 is 2.61 bits per heavy atom. The van der Waals surface area contributed by atoms with E-state index in [0.29, 0.717) is 13.0 Å². The summed E-state index contributed by atoms with van der Waals surface area (Å²) in [6.07, 6.45) is -1.47. The summed E-state index contributed by atoms with van der Waals surface area (Å²) in [6, 6.07) is 5.77. The number of benzene rings is 1. The molecule has 0 radical (unpaired) electrons. The van der Waals surface area contributed by atoms with Crippen LogP contribution in [0.1, 0.15) is 36.1 Å². The van der Waals surface area contributed by atoms with Gasteiger partial charge in [-0.2, -0.15) is 0 Å². The van der Waals surface area contributed by atoms with E-state index in [4.69, 9.17) is 0 Å². The minimum absolute atomic E-state index is 0.136. The number of nitrogens with one attached hydrogen (secondary N) is 1.